The Morgan fingerprint density at radius 3 is 2.25 bits per heavy atom. The first-order chi connectivity index (χ1) is 7.89. The van der Waals surface area contributed by atoms with Gasteiger partial charge in [-0.2, -0.15) is 0 Å². The summed E-state index contributed by atoms with van der Waals surface area (Å²) in [5.41, 5.74) is 1.59. The first-order valence-electron chi connectivity index (χ1n) is 7.13. The van der Waals surface area contributed by atoms with Gasteiger partial charge < -0.3 is 4.74 Å². The van der Waals surface area contributed by atoms with Crippen LogP contribution in [-0.2, 0) is 4.74 Å². The van der Waals surface area contributed by atoms with E-state index in [4.69, 9.17) is 4.74 Å². The van der Waals surface area contributed by atoms with Crippen molar-refractivity contribution in [3.05, 3.63) is 11.6 Å². The highest BCUT2D eigenvalue weighted by molar-refractivity contribution is 4.97. The van der Waals surface area contributed by atoms with Crippen LogP contribution in [0.3, 0.4) is 0 Å². The molecule has 1 aliphatic heterocycles. The molecule has 1 rings (SSSR count). The smallest absolute Gasteiger partial charge is 0.0466 e. The predicted octanol–water partition coefficient (Wildman–Crippen LogP) is 4.86. The molecule has 0 unspecified atom stereocenters. The standard InChI is InChI=1S/C15H28O/c1-15-11-7-4-2-3-5-9-13-16-14-10-6-8-12-15/h11H,2-10,12-14H2,1H3/b15-11-. The summed E-state index contributed by atoms with van der Waals surface area (Å²) in [7, 11) is 0. The number of hydrogen-bond acceptors (Lipinski definition) is 1. The van der Waals surface area contributed by atoms with Crippen molar-refractivity contribution < 1.29 is 4.74 Å². The Hall–Kier alpha value is -0.300. The van der Waals surface area contributed by atoms with E-state index in [1.807, 2.05) is 0 Å². The molecule has 94 valence electrons. The van der Waals surface area contributed by atoms with Gasteiger partial charge in [-0.1, -0.05) is 37.3 Å². The molecular weight excluding hydrogens is 196 g/mol. The maximum Gasteiger partial charge on any atom is 0.0466 e. The van der Waals surface area contributed by atoms with Crippen molar-refractivity contribution in [2.45, 2.75) is 71.1 Å². The fourth-order valence-electron chi connectivity index (χ4n) is 2.22. The molecule has 1 heterocycles. The lowest BCUT2D eigenvalue weighted by atomic mass is 10.1. The topological polar surface area (TPSA) is 9.23 Å². The van der Waals surface area contributed by atoms with E-state index in [1.165, 1.54) is 64.2 Å². The number of hydrogen-bond donors (Lipinski definition) is 0. The molecule has 0 saturated heterocycles. The predicted molar refractivity (Wildman–Crippen MR) is 70.7 cm³/mol. The zero-order valence-electron chi connectivity index (χ0n) is 11.0. The highest BCUT2D eigenvalue weighted by Crippen LogP contribution is 2.12. The monoisotopic (exact) mass is 224 g/mol. The van der Waals surface area contributed by atoms with Crippen LogP contribution in [0.2, 0.25) is 0 Å². The molecule has 0 aromatic carbocycles. The minimum Gasteiger partial charge on any atom is -0.381 e. The van der Waals surface area contributed by atoms with E-state index in [1.54, 1.807) is 5.57 Å². The second-order valence-electron chi connectivity index (χ2n) is 5.03. The average molecular weight is 224 g/mol. The highest BCUT2D eigenvalue weighted by atomic mass is 16.5. The third-order valence-electron chi connectivity index (χ3n) is 3.35. The Labute approximate surface area is 101 Å². The normalized spacial score (nSPS) is 26.2. The van der Waals surface area contributed by atoms with Crippen LogP contribution >= 0.6 is 0 Å². The van der Waals surface area contributed by atoms with Crippen LogP contribution in [0.1, 0.15) is 71.1 Å². The first kappa shape index (κ1) is 13.8. The summed E-state index contributed by atoms with van der Waals surface area (Å²) in [6, 6.07) is 0. The van der Waals surface area contributed by atoms with Crippen molar-refractivity contribution in [3.63, 3.8) is 0 Å². The van der Waals surface area contributed by atoms with E-state index in [0.717, 1.165) is 13.2 Å². The van der Waals surface area contributed by atoms with E-state index in [2.05, 4.69) is 13.0 Å². The largest absolute Gasteiger partial charge is 0.381 e. The van der Waals surface area contributed by atoms with Gasteiger partial charge in [-0.15, -0.1) is 0 Å². The van der Waals surface area contributed by atoms with Gasteiger partial charge in [-0.3, -0.25) is 0 Å². The van der Waals surface area contributed by atoms with Gasteiger partial charge in [0.1, 0.15) is 0 Å². The molecule has 16 heavy (non-hydrogen) atoms. The van der Waals surface area contributed by atoms with Gasteiger partial charge >= 0.3 is 0 Å². The van der Waals surface area contributed by atoms with E-state index < -0.39 is 0 Å². The molecular formula is C15H28O. The van der Waals surface area contributed by atoms with Gasteiger partial charge in [0.25, 0.3) is 0 Å². The molecule has 0 radical (unpaired) electrons. The minimum atomic E-state index is 0.975. The summed E-state index contributed by atoms with van der Waals surface area (Å²) in [4.78, 5) is 0. The Balaban J connectivity index is 2.19. The summed E-state index contributed by atoms with van der Waals surface area (Å²) >= 11 is 0. The Morgan fingerprint density at radius 2 is 1.44 bits per heavy atom. The molecule has 0 aromatic rings. The van der Waals surface area contributed by atoms with Crippen molar-refractivity contribution in [2.24, 2.45) is 0 Å². The third kappa shape index (κ3) is 7.92. The van der Waals surface area contributed by atoms with E-state index >= 15 is 0 Å². The first-order valence-corrected chi connectivity index (χ1v) is 7.13. The second kappa shape index (κ2) is 9.89. The van der Waals surface area contributed by atoms with Crippen LogP contribution in [-0.4, -0.2) is 13.2 Å². The van der Waals surface area contributed by atoms with Crippen LogP contribution in [0.25, 0.3) is 0 Å². The van der Waals surface area contributed by atoms with Crippen LogP contribution < -0.4 is 0 Å². The van der Waals surface area contributed by atoms with Gasteiger partial charge in [0.15, 0.2) is 0 Å². The minimum absolute atomic E-state index is 0.975. The van der Waals surface area contributed by atoms with Crippen molar-refractivity contribution in [2.75, 3.05) is 13.2 Å². The molecule has 0 aromatic heterocycles. The number of rotatable bonds is 0. The van der Waals surface area contributed by atoms with Crippen molar-refractivity contribution in [1.29, 1.82) is 0 Å². The summed E-state index contributed by atoms with van der Waals surface area (Å²) in [5, 5.41) is 0. The molecule has 1 aliphatic rings. The molecule has 1 nitrogen and oxygen atoms in total. The van der Waals surface area contributed by atoms with Gasteiger partial charge in [-0.05, 0) is 45.4 Å². The van der Waals surface area contributed by atoms with Crippen LogP contribution in [0.4, 0.5) is 0 Å². The molecule has 0 N–H and O–H groups in total. The van der Waals surface area contributed by atoms with Crippen LogP contribution in [0, 0.1) is 0 Å². The van der Waals surface area contributed by atoms with Crippen molar-refractivity contribution in [3.8, 4) is 0 Å². The third-order valence-corrected chi connectivity index (χ3v) is 3.35. The van der Waals surface area contributed by atoms with Gasteiger partial charge in [-0.25, -0.2) is 0 Å². The molecule has 0 amide bonds. The Kier molecular flexibility index (Phi) is 8.51. The summed E-state index contributed by atoms with van der Waals surface area (Å²) in [6.45, 7) is 4.24. The fourth-order valence-corrected chi connectivity index (χ4v) is 2.22. The van der Waals surface area contributed by atoms with Gasteiger partial charge in [0.2, 0.25) is 0 Å². The molecule has 0 fully saturated rings. The molecule has 0 atom stereocenters. The lowest BCUT2D eigenvalue weighted by Gasteiger charge is -2.04. The molecule has 1 heteroatoms. The van der Waals surface area contributed by atoms with E-state index in [0.29, 0.717) is 0 Å². The zero-order chi connectivity index (χ0) is 11.5. The van der Waals surface area contributed by atoms with Crippen LogP contribution in [0.15, 0.2) is 11.6 Å². The lowest BCUT2D eigenvalue weighted by Crippen LogP contribution is -1.97. The molecule has 0 spiro atoms. The number of allylic oxidation sites excluding steroid dienone is 2. The van der Waals surface area contributed by atoms with E-state index in [-0.39, 0.29) is 0 Å². The second-order valence-corrected chi connectivity index (χ2v) is 5.03. The molecule has 0 bridgehead atoms. The van der Waals surface area contributed by atoms with Crippen molar-refractivity contribution >= 4 is 0 Å². The fraction of sp³-hybridized carbons (Fsp3) is 0.867. The van der Waals surface area contributed by atoms with Gasteiger partial charge in [0, 0.05) is 13.2 Å². The maximum atomic E-state index is 5.62. The Morgan fingerprint density at radius 1 is 0.812 bits per heavy atom. The molecule has 0 saturated carbocycles. The van der Waals surface area contributed by atoms with Crippen LogP contribution in [0.5, 0.6) is 0 Å². The number of ether oxygens (including phenoxy) is 1. The van der Waals surface area contributed by atoms with Gasteiger partial charge in [0.05, 0.1) is 0 Å². The van der Waals surface area contributed by atoms with E-state index in [9.17, 15) is 0 Å². The summed E-state index contributed by atoms with van der Waals surface area (Å²) in [6.07, 6.45) is 15.7. The average Bonchev–Trinajstić information content (AvgIpc) is 2.29. The highest BCUT2D eigenvalue weighted by Gasteiger charge is 1.96. The zero-order valence-corrected chi connectivity index (χ0v) is 11.0. The SMILES string of the molecule is C/C1=C/CCCCCCCOCCCCC1. The van der Waals surface area contributed by atoms with Crippen molar-refractivity contribution in [1.82, 2.24) is 0 Å². The lowest BCUT2D eigenvalue weighted by molar-refractivity contribution is 0.126. The summed E-state index contributed by atoms with van der Waals surface area (Å²) in [5.74, 6) is 0. The maximum absolute atomic E-state index is 5.62. The quantitative estimate of drug-likeness (QED) is 0.534. The molecule has 0 aliphatic carbocycles. The Bertz CT molecular complexity index is 184. The summed E-state index contributed by atoms with van der Waals surface area (Å²) < 4.78 is 5.62.